The first-order valence-corrected chi connectivity index (χ1v) is 14.1. The number of benzene rings is 2. The number of aliphatic hydroxyl groups excluding tert-OH is 1. The highest BCUT2D eigenvalue weighted by molar-refractivity contribution is 6.42. The number of halogens is 6. The maximum Gasteiger partial charge on any atom is 0.419 e. The minimum Gasteiger partial charge on any atom is -0.396 e. The molecule has 40 heavy (non-hydrogen) atoms. The topological polar surface area (TPSA) is 50.3 Å². The van der Waals surface area contributed by atoms with E-state index in [9.17, 15) is 22.4 Å². The Kier molecular flexibility index (Phi) is 10.3. The second-order valence-corrected chi connectivity index (χ2v) is 11.4. The van der Waals surface area contributed by atoms with Gasteiger partial charge in [-0.15, -0.1) is 0 Å². The zero-order valence-corrected chi connectivity index (χ0v) is 23.8. The smallest absolute Gasteiger partial charge is 0.396 e. The summed E-state index contributed by atoms with van der Waals surface area (Å²) in [5, 5.41) is 9.87. The number of likely N-dealkylation sites (N-methyl/N-ethyl adjacent to an activating group) is 1. The Balaban J connectivity index is 1.46. The Morgan fingerprint density at radius 2 is 1.73 bits per heavy atom. The first-order valence-electron chi connectivity index (χ1n) is 13.3. The van der Waals surface area contributed by atoms with Gasteiger partial charge in [0.25, 0.3) is 0 Å². The minimum atomic E-state index is -4.76. The molecule has 6 nitrogen and oxygen atoms in total. The first-order chi connectivity index (χ1) is 19.0. The zero-order chi connectivity index (χ0) is 29.0. The summed E-state index contributed by atoms with van der Waals surface area (Å²) in [6.07, 6.45) is -4.03. The molecule has 12 heteroatoms. The van der Waals surface area contributed by atoms with Crippen molar-refractivity contribution in [3.8, 4) is 0 Å². The van der Waals surface area contributed by atoms with Gasteiger partial charge in [-0.25, -0.2) is 4.39 Å². The number of amides is 1. The van der Waals surface area contributed by atoms with Crippen LogP contribution in [0.25, 0.3) is 0 Å². The molecular formula is C28H34Cl2F4N4O2. The van der Waals surface area contributed by atoms with E-state index < -0.39 is 17.6 Å². The van der Waals surface area contributed by atoms with Crippen molar-refractivity contribution >= 4 is 29.1 Å². The molecule has 0 saturated carbocycles. The maximum atomic E-state index is 14.2. The molecule has 0 unspecified atom stereocenters. The number of carbonyl (C=O) groups excluding carboxylic acids is 1. The number of rotatable bonds is 9. The summed E-state index contributed by atoms with van der Waals surface area (Å²) < 4.78 is 53.3. The molecule has 1 amide bonds. The number of aliphatic hydroxyl groups is 1. The van der Waals surface area contributed by atoms with Crippen LogP contribution >= 0.6 is 23.2 Å². The second kappa shape index (κ2) is 13.4. The predicted molar refractivity (Wildman–Crippen MR) is 147 cm³/mol. The number of alkyl halides is 3. The lowest BCUT2D eigenvalue weighted by Gasteiger charge is -2.35. The van der Waals surface area contributed by atoms with Crippen molar-refractivity contribution in [1.82, 2.24) is 19.6 Å². The molecule has 2 fully saturated rings. The first kappa shape index (κ1) is 31.0. The van der Waals surface area contributed by atoms with Crippen LogP contribution in [0.15, 0.2) is 36.4 Å². The maximum absolute atomic E-state index is 14.2. The Labute approximate surface area is 242 Å². The van der Waals surface area contributed by atoms with Gasteiger partial charge in [0.1, 0.15) is 5.82 Å². The van der Waals surface area contributed by atoms with Gasteiger partial charge in [0.15, 0.2) is 0 Å². The van der Waals surface area contributed by atoms with Crippen LogP contribution in [0.5, 0.6) is 0 Å². The van der Waals surface area contributed by atoms with E-state index in [1.54, 1.807) is 12.1 Å². The quantitative estimate of drug-likeness (QED) is 0.425. The van der Waals surface area contributed by atoms with Crippen molar-refractivity contribution in [3.05, 3.63) is 69.0 Å². The Morgan fingerprint density at radius 3 is 2.35 bits per heavy atom. The molecular weight excluding hydrogens is 571 g/mol. The molecule has 0 bridgehead atoms. The molecule has 2 aliphatic heterocycles. The van der Waals surface area contributed by atoms with E-state index in [-0.39, 0.29) is 31.0 Å². The predicted octanol–water partition coefficient (Wildman–Crippen LogP) is 4.58. The van der Waals surface area contributed by atoms with Crippen LogP contribution in [0.3, 0.4) is 0 Å². The molecule has 0 aromatic heterocycles. The summed E-state index contributed by atoms with van der Waals surface area (Å²) in [7, 11) is 1.82. The van der Waals surface area contributed by atoms with Gasteiger partial charge in [-0.05, 0) is 48.9 Å². The lowest BCUT2D eigenvalue weighted by molar-refractivity contribution is -0.140. The second-order valence-electron chi connectivity index (χ2n) is 10.6. The summed E-state index contributed by atoms with van der Waals surface area (Å²) in [5.41, 5.74) is 0.0156. The summed E-state index contributed by atoms with van der Waals surface area (Å²) in [5.74, 6) is -1.43. The molecule has 2 atom stereocenters. The molecule has 2 aliphatic rings. The molecule has 2 heterocycles. The highest BCUT2D eigenvalue weighted by Crippen LogP contribution is 2.36. The Bertz CT molecular complexity index is 1180. The van der Waals surface area contributed by atoms with Crippen LogP contribution in [-0.4, -0.2) is 103 Å². The van der Waals surface area contributed by atoms with Gasteiger partial charge in [0.05, 0.1) is 22.2 Å². The molecule has 4 rings (SSSR count). The molecule has 1 N–H and O–H groups in total. The van der Waals surface area contributed by atoms with Crippen LogP contribution < -0.4 is 0 Å². The highest BCUT2D eigenvalue weighted by atomic mass is 35.5. The van der Waals surface area contributed by atoms with Crippen LogP contribution in [0, 0.1) is 5.82 Å². The molecule has 2 aromatic rings. The van der Waals surface area contributed by atoms with Gasteiger partial charge >= 0.3 is 6.18 Å². The number of likely N-dealkylation sites (tertiary alicyclic amines) is 1. The molecule has 0 radical (unpaired) electrons. The third-order valence-corrected chi connectivity index (χ3v) is 8.55. The van der Waals surface area contributed by atoms with E-state index in [1.807, 2.05) is 22.9 Å². The average molecular weight is 606 g/mol. The van der Waals surface area contributed by atoms with E-state index in [0.717, 1.165) is 56.8 Å². The van der Waals surface area contributed by atoms with Crippen molar-refractivity contribution in [2.24, 2.45) is 0 Å². The van der Waals surface area contributed by atoms with Crippen molar-refractivity contribution in [2.75, 3.05) is 66.0 Å². The standard InChI is InChI=1S/C28H34Cl2F4N4O2/c1-35(15-19-3-5-22(25(31)13-19)28(32,33)34)26-17-38(16-21(26)20-4-6-23(29)24(30)14-20)27(40)18-37-10-8-36(9-11-37)7-2-12-39/h3-6,13-14,21,26,39H,2,7-12,15-18H2,1H3/t21-,26+/m1/s1. The lowest BCUT2D eigenvalue weighted by atomic mass is 9.93. The van der Waals surface area contributed by atoms with Crippen molar-refractivity contribution in [2.45, 2.75) is 31.1 Å². The van der Waals surface area contributed by atoms with Gasteiger partial charge in [-0.3, -0.25) is 14.6 Å². The average Bonchev–Trinajstić information content (AvgIpc) is 3.35. The van der Waals surface area contributed by atoms with Gasteiger partial charge in [0, 0.05) is 70.9 Å². The summed E-state index contributed by atoms with van der Waals surface area (Å²) in [6.45, 7) is 5.58. The van der Waals surface area contributed by atoms with Gasteiger partial charge in [-0.1, -0.05) is 35.3 Å². The van der Waals surface area contributed by atoms with E-state index in [0.29, 0.717) is 35.2 Å². The number of hydrogen-bond acceptors (Lipinski definition) is 5. The molecule has 0 spiro atoms. The summed E-state index contributed by atoms with van der Waals surface area (Å²) >= 11 is 12.4. The van der Waals surface area contributed by atoms with Gasteiger partial charge in [0.2, 0.25) is 5.91 Å². The molecule has 0 aliphatic carbocycles. The van der Waals surface area contributed by atoms with Crippen LogP contribution in [-0.2, 0) is 17.5 Å². The number of hydrogen-bond donors (Lipinski definition) is 1. The fourth-order valence-electron chi connectivity index (χ4n) is 5.56. The van der Waals surface area contributed by atoms with E-state index in [1.165, 1.54) is 6.07 Å². The van der Waals surface area contributed by atoms with Gasteiger partial charge < -0.3 is 14.9 Å². The van der Waals surface area contributed by atoms with Crippen LogP contribution in [0.2, 0.25) is 10.0 Å². The molecule has 2 saturated heterocycles. The number of nitrogens with zero attached hydrogens (tertiary/aromatic N) is 4. The fourth-order valence-corrected chi connectivity index (χ4v) is 5.86. The molecule has 2 aromatic carbocycles. The minimum absolute atomic E-state index is 0.00495. The number of carbonyl (C=O) groups is 1. The summed E-state index contributed by atoms with van der Waals surface area (Å²) in [4.78, 5) is 21.6. The normalized spacial score (nSPS) is 21.0. The van der Waals surface area contributed by atoms with E-state index >= 15 is 0 Å². The van der Waals surface area contributed by atoms with Crippen LogP contribution in [0.1, 0.15) is 29.0 Å². The van der Waals surface area contributed by atoms with Crippen molar-refractivity contribution in [3.63, 3.8) is 0 Å². The number of piperazine rings is 1. The van der Waals surface area contributed by atoms with Crippen LogP contribution in [0.4, 0.5) is 17.6 Å². The lowest BCUT2D eigenvalue weighted by Crippen LogP contribution is -2.50. The Hall–Kier alpha value is -1.95. The Morgan fingerprint density at radius 1 is 1.02 bits per heavy atom. The third-order valence-electron chi connectivity index (χ3n) is 7.81. The highest BCUT2D eigenvalue weighted by Gasteiger charge is 2.39. The largest absolute Gasteiger partial charge is 0.419 e. The SMILES string of the molecule is CN(Cc1ccc(C(F)(F)F)c(F)c1)[C@H]1CN(C(=O)CN2CCN(CCCO)CC2)C[C@@H]1c1ccc(Cl)c(Cl)c1. The van der Waals surface area contributed by atoms with E-state index in [2.05, 4.69) is 9.80 Å². The van der Waals surface area contributed by atoms with Crippen molar-refractivity contribution in [1.29, 1.82) is 0 Å². The molecule has 220 valence electrons. The van der Waals surface area contributed by atoms with E-state index in [4.69, 9.17) is 28.3 Å². The summed E-state index contributed by atoms with van der Waals surface area (Å²) in [6, 6.07) is 8.16. The third kappa shape index (κ3) is 7.66. The van der Waals surface area contributed by atoms with Crippen molar-refractivity contribution < 1.29 is 27.5 Å². The van der Waals surface area contributed by atoms with Gasteiger partial charge in [-0.2, -0.15) is 13.2 Å². The zero-order valence-electron chi connectivity index (χ0n) is 22.3. The fraction of sp³-hybridized carbons (Fsp3) is 0.536. The monoisotopic (exact) mass is 604 g/mol.